The van der Waals surface area contributed by atoms with Gasteiger partial charge in [0.25, 0.3) is 0 Å². The van der Waals surface area contributed by atoms with Crippen molar-refractivity contribution in [2.75, 3.05) is 19.8 Å². The molecule has 1 unspecified atom stereocenters. The third kappa shape index (κ3) is 2.43. The molecule has 0 spiro atoms. The number of nitrogens with one attached hydrogen (secondary N) is 1. The molecule has 1 aliphatic rings. The summed E-state index contributed by atoms with van der Waals surface area (Å²) in [5, 5.41) is 12.4. The van der Waals surface area contributed by atoms with Crippen molar-refractivity contribution >= 4 is 0 Å². The molecule has 3 nitrogen and oxygen atoms in total. The Morgan fingerprint density at radius 3 is 2.62 bits per heavy atom. The van der Waals surface area contributed by atoms with Crippen LogP contribution in [-0.2, 0) is 4.74 Å². The number of nitriles is 1. The molecule has 74 valence electrons. The normalized spacial score (nSPS) is 20.7. The molecule has 0 aromatic carbocycles. The van der Waals surface area contributed by atoms with Crippen molar-refractivity contribution in [2.24, 2.45) is 5.92 Å². The number of hydrogen-bond acceptors (Lipinski definition) is 3. The Bertz CT molecular complexity index is 196. The van der Waals surface area contributed by atoms with E-state index in [0.717, 1.165) is 19.4 Å². The Hall–Kier alpha value is -0.590. The number of nitrogens with zero attached hydrogens (tertiary/aromatic N) is 1. The summed E-state index contributed by atoms with van der Waals surface area (Å²) >= 11 is 0. The maximum absolute atomic E-state index is 9.15. The average molecular weight is 182 g/mol. The smallest absolute Gasteiger partial charge is 0.133 e. The van der Waals surface area contributed by atoms with Gasteiger partial charge in [-0.3, -0.25) is 5.32 Å². The highest BCUT2D eigenvalue weighted by atomic mass is 16.5. The molecule has 0 aliphatic heterocycles. The van der Waals surface area contributed by atoms with Crippen LogP contribution in [0.5, 0.6) is 0 Å². The molecule has 0 radical (unpaired) electrons. The molecule has 0 heterocycles. The van der Waals surface area contributed by atoms with Crippen LogP contribution < -0.4 is 5.32 Å². The minimum absolute atomic E-state index is 0.412. The van der Waals surface area contributed by atoms with Crippen LogP contribution >= 0.6 is 0 Å². The predicted octanol–water partition coefficient (Wildman–Crippen LogP) is 1.30. The van der Waals surface area contributed by atoms with E-state index in [1.165, 1.54) is 0 Å². The van der Waals surface area contributed by atoms with Crippen LogP contribution in [-0.4, -0.2) is 25.3 Å². The molecule has 3 heteroatoms. The molecule has 1 fully saturated rings. The molecule has 1 saturated carbocycles. The van der Waals surface area contributed by atoms with E-state index in [1.54, 1.807) is 0 Å². The van der Waals surface area contributed by atoms with Crippen molar-refractivity contribution in [2.45, 2.75) is 32.2 Å². The van der Waals surface area contributed by atoms with E-state index in [9.17, 15) is 0 Å². The standard InChI is InChI=1S/C10H18N2O/c1-3-12-10(7-11,8-13-4-2)9-5-6-9/h9,12H,3-6,8H2,1-2H3. The van der Waals surface area contributed by atoms with Gasteiger partial charge in [-0.15, -0.1) is 0 Å². The van der Waals surface area contributed by atoms with Gasteiger partial charge in [0.2, 0.25) is 0 Å². The van der Waals surface area contributed by atoms with Crippen molar-refractivity contribution in [3.05, 3.63) is 0 Å². The minimum atomic E-state index is -0.412. The molecule has 0 aromatic rings. The number of rotatable bonds is 6. The fraction of sp³-hybridized carbons (Fsp3) is 0.900. The minimum Gasteiger partial charge on any atom is -0.379 e. The van der Waals surface area contributed by atoms with Gasteiger partial charge in [0, 0.05) is 6.61 Å². The second kappa shape index (κ2) is 4.59. The second-order valence-corrected chi connectivity index (χ2v) is 3.52. The Balaban J connectivity index is 2.54. The zero-order valence-electron chi connectivity index (χ0n) is 8.47. The van der Waals surface area contributed by atoms with Gasteiger partial charge in [0.15, 0.2) is 0 Å². The largest absolute Gasteiger partial charge is 0.379 e. The van der Waals surface area contributed by atoms with E-state index in [0.29, 0.717) is 19.1 Å². The van der Waals surface area contributed by atoms with Gasteiger partial charge >= 0.3 is 0 Å². The van der Waals surface area contributed by atoms with Crippen molar-refractivity contribution in [1.82, 2.24) is 5.32 Å². The Morgan fingerprint density at radius 1 is 1.54 bits per heavy atom. The van der Waals surface area contributed by atoms with Crippen LogP contribution in [0.3, 0.4) is 0 Å². The van der Waals surface area contributed by atoms with Crippen LogP contribution in [0.15, 0.2) is 0 Å². The van der Waals surface area contributed by atoms with Crippen molar-refractivity contribution in [1.29, 1.82) is 5.26 Å². The fourth-order valence-electron chi connectivity index (χ4n) is 1.63. The fourth-order valence-corrected chi connectivity index (χ4v) is 1.63. The summed E-state index contributed by atoms with van der Waals surface area (Å²) in [6, 6.07) is 2.38. The van der Waals surface area contributed by atoms with E-state index >= 15 is 0 Å². The van der Waals surface area contributed by atoms with E-state index in [2.05, 4.69) is 11.4 Å². The molecule has 1 rings (SSSR count). The topological polar surface area (TPSA) is 45.0 Å². The monoisotopic (exact) mass is 182 g/mol. The summed E-state index contributed by atoms with van der Waals surface area (Å²) in [7, 11) is 0. The quantitative estimate of drug-likeness (QED) is 0.673. The van der Waals surface area contributed by atoms with Crippen LogP contribution in [0.4, 0.5) is 0 Å². The zero-order chi connectivity index (χ0) is 9.73. The SMILES string of the molecule is CCNC(C#N)(COCC)C1CC1. The molecular formula is C10H18N2O. The maximum atomic E-state index is 9.15. The van der Waals surface area contributed by atoms with Crippen LogP contribution in [0.1, 0.15) is 26.7 Å². The van der Waals surface area contributed by atoms with E-state index in [-0.39, 0.29) is 0 Å². The summed E-state index contributed by atoms with van der Waals surface area (Å²) in [6.07, 6.45) is 2.32. The van der Waals surface area contributed by atoms with Gasteiger partial charge in [-0.25, -0.2) is 0 Å². The lowest BCUT2D eigenvalue weighted by atomic mass is 9.96. The third-order valence-corrected chi connectivity index (χ3v) is 2.50. The van der Waals surface area contributed by atoms with Crippen molar-refractivity contribution in [3.63, 3.8) is 0 Å². The lowest BCUT2D eigenvalue weighted by Gasteiger charge is -2.26. The van der Waals surface area contributed by atoms with Gasteiger partial charge < -0.3 is 4.74 Å². The first-order valence-corrected chi connectivity index (χ1v) is 5.03. The van der Waals surface area contributed by atoms with E-state index in [4.69, 9.17) is 10.00 Å². The van der Waals surface area contributed by atoms with Crippen molar-refractivity contribution in [3.8, 4) is 6.07 Å². The molecule has 1 aliphatic carbocycles. The van der Waals surface area contributed by atoms with Gasteiger partial charge in [0.05, 0.1) is 12.7 Å². The molecule has 1 N–H and O–H groups in total. The van der Waals surface area contributed by atoms with Gasteiger partial charge in [-0.1, -0.05) is 6.92 Å². The summed E-state index contributed by atoms with van der Waals surface area (Å²) in [6.45, 7) is 6.03. The second-order valence-electron chi connectivity index (χ2n) is 3.52. The molecule has 0 bridgehead atoms. The zero-order valence-corrected chi connectivity index (χ0v) is 8.47. The molecule has 13 heavy (non-hydrogen) atoms. The Labute approximate surface area is 80.1 Å². The first-order valence-electron chi connectivity index (χ1n) is 5.03. The highest BCUT2D eigenvalue weighted by molar-refractivity contribution is 5.15. The van der Waals surface area contributed by atoms with E-state index < -0.39 is 5.54 Å². The molecular weight excluding hydrogens is 164 g/mol. The van der Waals surface area contributed by atoms with E-state index in [1.807, 2.05) is 13.8 Å². The van der Waals surface area contributed by atoms with Crippen molar-refractivity contribution < 1.29 is 4.74 Å². The predicted molar refractivity (Wildman–Crippen MR) is 51.2 cm³/mol. The molecule has 1 atom stereocenters. The summed E-state index contributed by atoms with van der Waals surface area (Å²) < 4.78 is 5.36. The molecule has 0 saturated heterocycles. The van der Waals surface area contributed by atoms with Crippen LogP contribution in [0, 0.1) is 17.2 Å². The Morgan fingerprint density at radius 2 is 2.23 bits per heavy atom. The molecule has 0 amide bonds. The van der Waals surface area contributed by atoms with Gasteiger partial charge in [-0.05, 0) is 32.2 Å². The average Bonchev–Trinajstić information content (AvgIpc) is 2.96. The van der Waals surface area contributed by atoms with Crippen LogP contribution in [0.25, 0.3) is 0 Å². The lowest BCUT2D eigenvalue weighted by Crippen LogP contribution is -2.50. The van der Waals surface area contributed by atoms with Gasteiger partial charge in [0.1, 0.15) is 5.54 Å². The first kappa shape index (κ1) is 10.5. The number of hydrogen-bond donors (Lipinski definition) is 1. The highest BCUT2D eigenvalue weighted by Crippen LogP contribution is 2.39. The van der Waals surface area contributed by atoms with Gasteiger partial charge in [-0.2, -0.15) is 5.26 Å². The van der Waals surface area contributed by atoms with Crippen LogP contribution in [0.2, 0.25) is 0 Å². The third-order valence-electron chi connectivity index (χ3n) is 2.50. The number of ether oxygens (including phenoxy) is 1. The lowest BCUT2D eigenvalue weighted by molar-refractivity contribution is 0.0909. The molecule has 0 aromatic heterocycles. The number of likely N-dealkylation sites (N-methyl/N-ethyl adjacent to an activating group) is 1. The summed E-state index contributed by atoms with van der Waals surface area (Å²) in [5.74, 6) is 0.504. The maximum Gasteiger partial charge on any atom is 0.133 e. The first-order chi connectivity index (χ1) is 6.29. The summed E-state index contributed by atoms with van der Waals surface area (Å²) in [4.78, 5) is 0. The Kier molecular flexibility index (Phi) is 3.71. The highest BCUT2D eigenvalue weighted by Gasteiger charge is 2.45. The summed E-state index contributed by atoms with van der Waals surface area (Å²) in [5.41, 5.74) is -0.412.